The Labute approximate surface area is 114 Å². The molecule has 1 aliphatic heterocycles. The minimum absolute atomic E-state index is 0.236. The van der Waals surface area contributed by atoms with E-state index in [2.05, 4.69) is 10.6 Å². The summed E-state index contributed by atoms with van der Waals surface area (Å²) in [7, 11) is 0. The minimum Gasteiger partial charge on any atom is -0.491 e. The predicted molar refractivity (Wildman–Crippen MR) is 68.2 cm³/mol. The van der Waals surface area contributed by atoms with Crippen molar-refractivity contribution in [2.24, 2.45) is 0 Å². The highest BCUT2D eigenvalue weighted by atomic mass is 16.5. The maximum absolute atomic E-state index is 11.6. The van der Waals surface area contributed by atoms with Gasteiger partial charge >= 0.3 is 12.0 Å². The molecule has 3 amide bonds. The molecule has 2 rings (SSSR count). The first-order valence-corrected chi connectivity index (χ1v) is 6.10. The molecule has 1 aromatic carbocycles. The molecule has 1 unspecified atom stereocenters. The number of hydrogen-bond donors (Lipinski definition) is 3. The van der Waals surface area contributed by atoms with Crippen molar-refractivity contribution in [3.8, 4) is 5.75 Å². The van der Waals surface area contributed by atoms with Crippen molar-refractivity contribution in [2.75, 3.05) is 6.61 Å². The zero-order valence-electron chi connectivity index (χ0n) is 10.6. The fraction of sp³-hybridized carbons (Fsp3) is 0.308. The van der Waals surface area contributed by atoms with E-state index in [1.54, 1.807) is 6.07 Å². The summed E-state index contributed by atoms with van der Waals surface area (Å²) in [6, 6.07) is 6.31. The van der Waals surface area contributed by atoms with Gasteiger partial charge in [-0.2, -0.15) is 0 Å². The van der Waals surface area contributed by atoms with Gasteiger partial charge in [-0.15, -0.1) is 0 Å². The molecule has 0 radical (unpaired) electrons. The molecule has 1 aromatic rings. The molecule has 0 bridgehead atoms. The average molecular weight is 278 g/mol. The van der Waals surface area contributed by atoms with Crippen LogP contribution in [0, 0.1) is 0 Å². The van der Waals surface area contributed by atoms with Crippen molar-refractivity contribution in [1.82, 2.24) is 10.6 Å². The third kappa shape index (κ3) is 3.47. The van der Waals surface area contributed by atoms with Crippen LogP contribution in [0.4, 0.5) is 4.79 Å². The van der Waals surface area contributed by atoms with Gasteiger partial charge in [0.1, 0.15) is 12.4 Å². The molecule has 0 fully saturated rings. The Morgan fingerprint density at radius 2 is 2.00 bits per heavy atom. The number of ether oxygens (including phenoxy) is 1. The van der Waals surface area contributed by atoms with Gasteiger partial charge in [0.15, 0.2) is 0 Å². The molecular weight excluding hydrogens is 264 g/mol. The quantitative estimate of drug-likeness (QED) is 0.756. The summed E-state index contributed by atoms with van der Waals surface area (Å²) in [5, 5.41) is 13.1. The van der Waals surface area contributed by atoms with Crippen LogP contribution in [0.15, 0.2) is 24.3 Å². The van der Waals surface area contributed by atoms with Crippen LogP contribution >= 0.6 is 0 Å². The number of imide groups is 1. The molecule has 20 heavy (non-hydrogen) atoms. The lowest BCUT2D eigenvalue weighted by Crippen LogP contribution is -2.41. The second kappa shape index (κ2) is 6.05. The minimum atomic E-state index is -1.08. The first-order valence-electron chi connectivity index (χ1n) is 6.10. The van der Waals surface area contributed by atoms with Crippen LogP contribution in [0.25, 0.3) is 0 Å². The Hall–Kier alpha value is -2.57. The first kappa shape index (κ1) is 13.9. The lowest BCUT2D eigenvalue weighted by molar-refractivity contribution is -0.138. The van der Waals surface area contributed by atoms with E-state index >= 15 is 0 Å². The van der Waals surface area contributed by atoms with Crippen molar-refractivity contribution >= 4 is 17.9 Å². The average Bonchev–Trinajstić information content (AvgIpc) is 2.80. The highest BCUT2D eigenvalue weighted by Crippen LogP contribution is 2.31. The van der Waals surface area contributed by atoms with Crippen LogP contribution in [-0.4, -0.2) is 29.6 Å². The molecular formula is C13H14N2O5. The normalized spacial score (nSPS) is 15.9. The summed E-state index contributed by atoms with van der Waals surface area (Å²) in [5.41, 5.74) is 0.848. The summed E-state index contributed by atoms with van der Waals surface area (Å²) in [6.45, 7) is 0.302. The summed E-state index contributed by atoms with van der Waals surface area (Å²) in [4.78, 5) is 33.2. The molecule has 1 heterocycles. The van der Waals surface area contributed by atoms with Crippen molar-refractivity contribution in [3.05, 3.63) is 29.8 Å². The van der Waals surface area contributed by atoms with Gasteiger partial charge in [0, 0.05) is 12.0 Å². The largest absolute Gasteiger partial charge is 0.491 e. The van der Waals surface area contributed by atoms with E-state index in [4.69, 9.17) is 9.84 Å². The SMILES string of the molecule is O=C(O)CCC(=O)NC(=O)NC1COc2ccccc21. The Morgan fingerprint density at radius 1 is 1.25 bits per heavy atom. The highest BCUT2D eigenvalue weighted by Gasteiger charge is 2.25. The maximum Gasteiger partial charge on any atom is 0.322 e. The fourth-order valence-electron chi connectivity index (χ4n) is 1.89. The molecule has 1 atom stereocenters. The van der Waals surface area contributed by atoms with Gasteiger partial charge < -0.3 is 15.2 Å². The number of benzene rings is 1. The molecule has 0 spiro atoms. The van der Waals surface area contributed by atoms with Crippen LogP contribution in [0.2, 0.25) is 0 Å². The van der Waals surface area contributed by atoms with Gasteiger partial charge in [-0.3, -0.25) is 14.9 Å². The van der Waals surface area contributed by atoms with E-state index < -0.39 is 17.9 Å². The smallest absolute Gasteiger partial charge is 0.322 e. The van der Waals surface area contributed by atoms with E-state index in [0.29, 0.717) is 12.4 Å². The number of nitrogens with one attached hydrogen (secondary N) is 2. The zero-order valence-corrected chi connectivity index (χ0v) is 10.6. The molecule has 106 valence electrons. The van der Waals surface area contributed by atoms with Gasteiger partial charge in [-0.25, -0.2) is 4.79 Å². The number of carboxylic acid groups (broad SMARTS) is 1. The molecule has 7 nitrogen and oxygen atoms in total. The molecule has 7 heteroatoms. The molecule has 0 aliphatic carbocycles. The lowest BCUT2D eigenvalue weighted by Gasteiger charge is -2.11. The van der Waals surface area contributed by atoms with Crippen LogP contribution in [0.3, 0.4) is 0 Å². The third-order valence-electron chi connectivity index (χ3n) is 2.82. The fourth-order valence-corrected chi connectivity index (χ4v) is 1.89. The number of urea groups is 1. The Morgan fingerprint density at radius 3 is 2.75 bits per heavy atom. The number of aliphatic carboxylic acids is 1. The van der Waals surface area contributed by atoms with Crippen LogP contribution < -0.4 is 15.4 Å². The van der Waals surface area contributed by atoms with Crippen molar-refractivity contribution in [2.45, 2.75) is 18.9 Å². The maximum atomic E-state index is 11.6. The summed E-state index contributed by atoms with van der Waals surface area (Å²) < 4.78 is 5.39. The number of carboxylic acids is 1. The summed E-state index contributed by atoms with van der Waals surface area (Å²) in [5.74, 6) is -1.01. The number of carbonyl (C=O) groups excluding carboxylic acids is 2. The van der Waals surface area contributed by atoms with E-state index in [9.17, 15) is 14.4 Å². The van der Waals surface area contributed by atoms with Gasteiger partial charge in [-0.1, -0.05) is 18.2 Å². The lowest BCUT2D eigenvalue weighted by atomic mass is 10.1. The van der Waals surface area contributed by atoms with Gasteiger partial charge in [0.2, 0.25) is 5.91 Å². The van der Waals surface area contributed by atoms with Crippen molar-refractivity contribution < 1.29 is 24.2 Å². The Kier molecular flexibility index (Phi) is 4.19. The zero-order chi connectivity index (χ0) is 14.5. The topological polar surface area (TPSA) is 105 Å². The van der Waals surface area contributed by atoms with E-state index in [1.807, 2.05) is 18.2 Å². The van der Waals surface area contributed by atoms with Crippen molar-refractivity contribution in [1.29, 1.82) is 0 Å². The highest BCUT2D eigenvalue weighted by molar-refractivity contribution is 5.95. The van der Waals surface area contributed by atoms with Crippen LogP contribution in [0.1, 0.15) is 24.4 Å². The van der Waals surface area contributed by atoms with E-state index in [-0.39, 0.29) is 18.9 Å². The Bertz CT molecular complexity index is 543. The van der Waals surface area contributed by atoms with E-state index in [1.165, 1.54) is 0 Å². The van der Waals surface area contributed by atoms with Crippen LogP contribution in [-0.2, 0) is 9.59 Å². The molecule has 3 N–H and O–H groups in total. The second-order valence-corrected chi connectivity index (χ2v) is 4.32. The monoisotopic (exact) mass is 278 g/mol. The van der Waals surface area contributed by atoms with Crippen LogP contribution in [0.5, 0.6) is 5.75 Å². The Balaban J connectivity index is 1.84. The van der Waals surface area contributed by atoms with Gasteiger partial charge in [-0.05, 0) is 6.07 Å². The number of carbonyl (C=O) groups is 3. The van der Waals surface area contributed by atoms with Gasteiger partial charge in [0.25, 0.3) is 0 Å². The number of hydrogen-bond acceptors (Lipinski definition) is 4. The first-order chi connectivity index (χ1) is 9.56. The predicted octanol–water partition coefficient (Wildman–Crippen LogP) is 0.811. The standard InChI is InChI=1S/C13H14N2O5/c16-11(5-6-12(17)18)15-13(19)14-9-7-20-10-4-2-1-3-8(9)10/h1-4,9H,5-7H2,(H,17,18)(H2,14,15,16,19). The molecule has 1 aliphatic rings. The number of rotatable bonds is 4. The summed E-state index contributed by atoms with van der Waals surface area (Å²) >= 11 is 0. The molecule has 0 saturated carbocycles. The molecule has 0 saturated heterocycles. The second-order valence-electron chi connectivity index (χ2n) is 4.32. The van der Waals surface area contributed by atoms with Gasteiger partial charge in [0.05, 0.1) is 12.5 Å². The van der Waals surface area contributed by atoms with Crippen molar-refractivity contribution in [3.63, 3.8) is 0 Å². The number of fused-ring (bicyclic) bond motifs is 1. The number of para-hydroxylation sites is 1. The third-order valence-corrected chi connectivity index (χ3v) is 2.82. The molecule has 0 aromatic heterocycles. The van der Waals surface area contributed by atoms with E-state index in [0.717, 1.165) is 5.56 Å². The summed E-state index contributed by atoms with van der Waals surface area (Å²) in [6.07, 6.45) is -0.547. The number of amides is 3.